The van der Waals surface area contributed by atoms with E-state index in [-0.39, 0.29) is 31.5 Å². The van der Waals surface area contributed by atoms with E-state index >= 15 is 0 Å². The molecule has 9 nitrogen and oxygen atoms in total. The summed E-state index contributed by atoms with van der Waals surface area (Å²) in [6, 6.07) is -0.889. The fourth-order valence-corrected chi connectivity index (χ4v) is 10.7. The van der Waals surface area contributed by atoms with Crippen LogP contribution in [0.4, 0.5) is 0 Å². The van der Waals surface area contributed by atoms with Crippen molar-refractivity contribution in [2.45, 2.75) is 341 Å². The second kappa shape index (κ2) is 59.1. The number of hydrogen-bond acceptors (Lipinski definition) is 7. The van der Waals surface area contributed by atoms with Gasteiger partial charge in [-0.15, -0.1) is 0 Å². The largest absolute Gasteiger partial charge is 0.756 e. The normalized spacial score (nSPS) is 13.9. The summed E-state index contributed by atoms with van der Waals surface area (Å²) < 4.78 is 30.4. The topological polar surface area (TPSA) is 114 Å². The molecule has 0 bridgehead atoms. The fraction of sp³-hybridized carbons (Fsp3) is 0.855. The number of amides is 1. The Morgan fingerprint density at radius 2 is 0.772 bits per heavy atom. The molecule has 3 atom stereocenters. The Morgan fingerprint density at radius 3 is 1.18 bits per heavy atom. The smallest absolute Gasteiger partial charge is 0.306 e. The fourth-order valence-electron chi connectivity index (χ4n) is 10.0. The Kier molecular flexibility index (Phi) is 57.6. The summed E-state index contributed by atoms with van der Waals surface area (Å²) in [7, 11) is 1.19. The zero-order chi connectivity index (χ0) is 57.9. The molecule has 0 aromatic carbocycles. The molecular weight excluding hydrogens is 1000 g/mol. The van der Waals surface area contributed by atoms with Crippen molar-refractivity contribution in [3.63, 3.8) is 0 Å². The second-order valence-electron chi connectivity index (χ2n) is 24.3. The van der Waals surface area contributed by atoms with E-state index < -0.39 is 20.0 Å². The van der Waals surface area contributed by atoms with Gasteiger partial charge < -0.3 is 28.5 Å². The van der Waals surface area contributed by atoms with Gasteiger partial charge in [-0.1, -0.05) is 294 Å². The van der Waals surface area contributed by atoms with Crippen LogP contribution in [0.5, 0.6) is 0 Å². The molecule has 0 aromatic heterocycles. The first-order valence-corrected chi connectivity index (χ1v) is 35.4. The van der Waals surface area contributed by atoms with Crippen LogP contribution < -0.4 is 10.2 Å². The summed E-state index contributed by atoms with van der Waals surface area (Å²) in [5.74, 6) is -0.535. The lowest BCUT2D eigenvalue weighted by molar-refractivity contribution is -0.870. The maximum Gasteiger partial charge on any atom is 0.306 e. The van der Waals surface area contributed by atoms with Crippen molar-refractivity contribution in [3.05, 3.63) is 48.6 Å². The molecule has 1 amide bonds. The number of phosphoric acid groups is 1. The lowest BCUT2D eigenvalue weighted by atomic mass is 10.0. The first-order chi connectivity index (χ1) is 38.4. The van der Waals surface area contributed by atoms with Crippen LogP contribution in [0.3, 0.4) is 0 Å². The number of quaternary nitrogens is 1. The van der Waals surface area contributed by atoms with Gasteiger partial charge in [-0.05, 0) is 70.3 Å². The van der Waals surface area contributed by atoms with Gasteiger partial charge >= 0.3 is 5.97 Å². The number of carbonyl (C=O) groups excluding carboxylic acids is 2. The Hall–Kier alpha value is -2.03. The number of ether oxygens (including phenoxy) is 1. The Balaban J connectivity index is 5.09. The monoisotopic (exact) mass is 1130 g/mol. The van der Waals surface area contributed by atoms with Crippen LogP contribution in [0, 0.1) is 0 Å². The summed E-state index contributed by atoms with van der Waals surface area (Å²) in [6.07, 6.45) is 73.7. The van der Waals surface area contributed by atoms with Crippen LogP contribution in [-0.2, 0) is 27.9 Å². The number of carbonyl (C=O) groups is 2. The van der Waals surface area contributed by atoms with E-state index in [1.807, 2.05) is 33.3 Å². The van der Waals surface area contributed by atoms with Gasteiger partial charge in [0, 0.05) is 12.8 Å². The van der Waals surface area contributed by atoms with Gasteiger partial charge in [-0.25, -0.2) is 0 Å². The highest BCUT2D eigenvalue weighted by atomic mass is 31.2. The van der Waals surface area contributed by atoms with Crippen LogP contribution in [-0.4, -0.2) is 69.4 Å². The molecule has 0 saturated carbocycles. The maximum absolute atomic E-state index is 13.6. The van der Waals surface area contributed by atoms with Gasteiger partial charge in [-0.2, -0.15) is 0 Å². The minimum atomic E-state index is -4.70. The zero-order valence-corrected chi connectivity index (χ0v) is 54.0. The molecule has 0 rings (SSSR count). The number of nitrogens with zero attached hydrogens (tertiary/aromatic N) is 1. The number of phosphoric ester groups is 1. The van der Waals surface area contributed by atoms with E-state index in [2.05, 4.69) is 62.5 Å². The highest BCUT2D eigenvalue weighted by molar-refractivity contribution is 7.45. The molecule has 0 heterocycles. The molecule has 0 fully saturated rings. The molecule has 0 aromatic rings. The third-order valence-electron chi connectivity index (χ3n) is 15.3. The van der Waals surface area contributed by atoms with Crippen molar-refractivity contribution in [1.82, 2.24) is 5.32 Å². The van der Waals surface area contributed by atoms with Gasteiger partial charge in [0.25, 0.3) is 7.82 Å². The van der Waals surface area contributed by atoms with E-state index in [1.165, 1.54) is 212 Å². The number of nitrogens with one attached hydrogen (secondary N) is 1. The van der Waals surface area contributed by atoms with Crippen molar-refractivity contribution in [2.24, 2.45) is 0 Å². The Bertz CT molecular complexity index is 1490. The molecule has 0 aliphatic carbocycles. The lowest BCUT2D eigenvalue weighted by Gasteiger charge is -2.30. The molecule has 10 heteroatoms. The van der Waals surface area contributed by atoms with E-state index in [4.69, 9.17) is 13.8 Å². The molecule has 0 saturated heterocycles. The first kappa shape index (κ1) is 77.0. The van der Waals surface area contributed by atoms with E-state index in [0.717, 1.165) is 83.5 Å². The van der Waals surface area contributed by atoms with Crippen LogP contribution in [0.2, 0.25) is 0 Å². The van der Waals surface area contributed by atoms with E-state index in [0.29, 0.717) is 17.4 Å². The average molecular weight is 1130 g/mol. The highest BCUT2D eigenvalue weighted by Crippen LogP contribution is 2.38. The third kappa shape index (κ3) is 60.4. The molecule has 0 aliphatic heterocycles. The Morgan fingerprint density at radius 1 is 0.443 bits per heavy atom. The summed E-state index contributed by atoms with van der Waals surface area (Å²) in [5.41, 5.74) is 0. The first-order valence-electron chi connectivity index (χ1n) is 33.9. The van der Waals surface area contributed by atoms with Crippen molar-refractivity contribution < 1.29 is 37.3 Å². The SMILES string of the molecule is CCCCC/C=C\C/C=C\C/C=C\CCCCCCCCCCC(=O)OC(/C=C/CCCCCCCCCCC)C(COP(=O)([O-])OCC[N+](C)(C)C)NC(=O)CCCCCCCCCCCCCCCCCCCCCCC. The number of rotatable bonds is 62. The van der Waals surface area contributed by atoms with Crippen molar-refractivity contribution in [2.75, 3.05) is 40.9 Å². The van der Waals surface area contributed by atoms with E-state index in [1.54, 1.807) is 0 Å². The molecule has 3 unspecified atom stereocenters. The summed E-state index contributed by atoms with van der Waals surface area (Å²) in [5, 5.41) is 3.04. The molecule has 0 radical (unpaired) electrons. The van der Waals surface area contributed by atoms with E-state index in [9.17, 15) is 19.0 Å². The quantitative estimate of drug-likeness (QED) is 0.0212. The maximum atomic E-state index is 13.6. The zero-order valence-electron chi connectivity index (χ0n) is 53.1. The molecule has 0 aliphatic rings. The second-order valence-corrected chi connectivity index (χ2v) is 25.7. The van der Waals surface area contributed by atoms with Crippen LogP contribution >= 0.6 is 7.82 Å². The standard InChI is InChI=1S/C69H131N2O7P/c1-7-10-13-16-19-22-25-27-29-31-33-35-37-39-41-43-46-49-52-55-58-61-68(72)70-66(65-77-79(74,75)76-64-63-71(4,5)6)67(60-57-54-51-48-45-24-21-18-15-12-9-3)78-69(73)62-59-56-53-50-47-44-42-40-38-36-34-32-30-28-26-23-20-17-14-11-8-2/h20,23,28,30,34,36,57,60,66-67H,7-19,21-22,24-27,29,31-33,35,37-56,58-59,61-65H2,1-6H3,(H-,70,72,74,75)/b23-20-,30-28-,36-34-,60-57+. The molecule has 79 heavy (non-hydrogen) atoms. The minimum absolute atomic E-state index is 0.0221. The van der Waals surface area contributed by atoms with Crippen LogP contribution in [0.25, 0.3) is 0 Å². The van der Waals surface area contributed by atoms with Crippen molar-refractivity contribution in [3.8, 4) is 0 Å². The summed E-state index contributed by atoms with van der Waals surface area (Å²) in [4.78, 5) is 40.1. The van der Waals surface area contributed by atoms with Gasteiger partial charge in [0.1, 0.15) is 19.3 Å². The van der Waals surface area contributed by atoms with Crippen LogP contribution in [0.15, 0.2) is 48.6 Å². The summed E-state index contributed by atoms with van der Waals surface area (Å²) >= 11 is 0. The minimum Gasteiger partial charge on any atom is -0.756 e. The number of esters is 1. The third-order valence-corrected chi connectivity index (χ3v) is 16.2. The van der Waals surface area contributed by atoms with Gasteiger partial charge in [-0.3, -0.25) is 14.2 Å². The lowest BCUT2D eigenvalue weighted by Crippen LogP contribution is -2.47. The summed E-state index contributed by atoms with van der Waals surface area (Å²) in [6.45, 7) is 6.85. The van der Waals surface area contributed by atoms with Crippen molar-refractivity contribution in [1.29, 1.82) is 0 Å². The predicted octanol–water partition coefficient (Wildman–Crippen LogP) is 20.6. The van der Waals surface area contributed by atoms with Gasteiger partial charge in [0.2, 0.25) is 5.91 Å². The number of unbranched alkanes of at least 4 members (excludes halogenated alkanes) is 40. The van der Waals surface area contributed by atoms with Gasteiger partial charge in [0.15, 0.2) is 0 Å². The molecular formula is C69H131N2O7P. The molecule has 464 valence electrons. The highest BCUT2D eigenvalue weighted by Gasteiger charge is 2.27. The number of hydrogen-bond donors (Lipinski definition) is 1. The number of allylic oxidation sites excluding steroid dienone is 7. The van der Waals surface area contributed by atoms with Gasteiger partial charge in [0.05, 0.1) is 33.8 Å². The molecule has 0 spiro atoms. The van der Waals surface area contributed by atoms with Crippen LogP contribution in [0.1, 0.15) is 329 Å². The molecule has 1 N–H and O–H groups in total. The Labute approximate surface area is 490 Å². The number of likely N-dealkylation sites (N-methyl/N-ethyl adjacent to an activating group) is 1. The van der Waals surface area contributed by atoms with Crippen molar-refractivity contribution >= 4 is 19.7 Å². The average Bonchev–Trinajstić information content (AvgIpc) is 3.41. The predicted molar refractivity (Wildman–Crippen MR) is 339 cm³/mol.